The second kappa shape index (κ2) is 9.13. The average Bonchev–Trinajstić information content (AvgIpc) is 3.30. The van der Waals surface area contributed by atoms with Gasteiger partial charge in [0.25, 0.3) is 5.91 Å². The van der Waals surface area contributed by atoms with Crippen molar-refractivity contribution in [2.24, 2.45) is 5.16 Å². The lowest BCUT2D eigenvalue weighted by Gasteiger charge is -2.15. The molecule has 1 aromatic heterocycles. The number of ether oxygens (including phenoxy) is 1. The molecule has 1 amide bonds. The van der Waals surface area contributed by atoms with Crippen molar-refractivity contribution in [2.45, 2.75) is 32.4 Å². The summed E-state index contributed by atoms with van der Waals surface area (Å²) in [6.45, 7) is 3.53. The van der Waals surface area contributed by atoms with Crippen LogP contribution in [-0.2, 0) is 4.84 Å². The quantitative estimate of drug-likeness (QED) is 0.626. The fourth-order valence-corrected chi connectivity index (χ4v) is 3.51. The van der Waals surface area contributed by atoms with Crippen molar-refractivity contribution in [3.63, 3.8) is 0 Å². The van der Waals surface area contributed by atoms with E-state index in [1.165, 1.54) is 13.2 Å². The SMILES string of the molecule is COc1cc([C@H](C)NC(=O)c2cc(C3=NOC(c4ccccc4)C3)nc(C)n2)ccc1F. The van der Waals surface area contributed by atoms with Crippen molar-refractivity contribution in [1.29, 1.82) is 0 Å². The number of hydrogen-bond donors (Lipinski definition) is 1. The van der Waals surface area contributed by atoms with Crippen LogP contribution in [0.2, 0.25) is 0 Å². The van der Waals surface area contributed by atoms with E-state index >= 15 is 0 Å². The molecule has 0 saturated carbocycles. The number of nitrogens with zero attached hydrogens (tertiary/aromatic N) is 3. The van der Waals surface area contributed by atoms with E-state index in [-0.39, 0.29) is 29.5 Å². The molecule has 0 aliphatic carbocycles. The number of aromatic nitrogens is 2. The van der Waals surface area contributed by atoms with Crippen LogP contribution in [-0.4, -0.2) is 28.7 Å². The lowest BCUT2D eigenvalue weighted by molar-refractivity contribution is 0.0857. The van der Waals surface area contributed by atoms with Gasteiger partial charge in [-0.25, -0.2) is 14.4 Å². The van der Waals surface area contributed by atoms with Crippen LogP contribution in [0, 0.1) is 12.7 Å². The molecule has 1 aliphatic heterocycles. The molecule has 8 heteroatoms. The summed E-state index contributed by atoms with van der Waals surface area (Å²) in [4.78, 5) is 27.2. The van der Waals surface area contributed by atoms with E-state index in [2.05, 4.69) is 20.4 Å². The summed E-state index contributed by atoms with van der Waals surface area (Å²) < 4.78 is 18.7. The molecule has 1 aliphatic rings. The number of oxime groups is 1. The van der Waals surface area contributed by atoms with Crippen LogP contribution in [0.5, 0.6) is 5.75 Å². The molecular formula is C24H23FN4O3. The average molecular weight is 434 g/mol. The molecule has 2 aromatic carbocycles. The fraction of sp³-hybridized carbons (Fsp3) is 0.250. The predicted molar refractivity (Wildman–Crippen MR) is 117 cm³/mol. The third-order valence-electron chi connectivity index (χ3n) is 5.23. The Balaban J connectivity index is 1.49. The fourth-order valence-electron chi connectivity index (χ4n) is 3.51. The summed E-state index contributed by atoms with van der Waals surface area (Å²) in [5.41, 5.74) is 3.17. The molecule has 1 unspecified atom stereocenters. The van der Waals surface area contributed by atoms with Crippen molar-refractivity contribution in [1.82, 2.24) is 15.3 Å². The molecule has 0 spiro atoms. The summed E-state index contributed by atoms with van der Waals surface area (Å²) in [7, 11) is 1.40. The second-order valence-corrected chi connectivity index (χ2v) is 7.52. The molecule has 164 valence electrons. The molecule has 0 saturated heterocycles. The number of amides is 1. The van der Waals surface area contributed by atoms with E-state index < -0.39 is 5.82 Å². The second-order valence-electron chi connectivity index (χ2n) is 7.52. The van der Waals surface area contributed by atoms with Crippen molar-refractivity contribution in [3.05, 3.63) is 88.8 Å². The summed E-state index contributed by atoms with van der Waals surface area (Å²) in [6, 6.07) is 15.5. The van der Waals surface area contributed by atoms with Gasteiger partial charge in [0.1, 0.15) is 17.2 Å². The first-order chi connectivity index (χ1) is 15.4. The van der Waals surface area contributed by atoms with Gasteiger partial charge in [0.05, 0.1) is 18.8 Å². The number of aryl methyl sites for hydroxylation is 1. The smallest absolute Gasteiger partial charge is 0.270 e. The minimum atomic E-state index is -0.459. The van der Waals surface area contributed by atoms with Crippen LogP contribution >= 0.6 is 0 Å². The zero-order valence-corrected chi connectivity index (χ0v) is 18.0. The number of nitrogens with one attached hydrogen (secondary N) is 1. The topological polar surface area (TPSA) is 85.7 Å². The highest BCUT2D eigenvalue weighted by Gasteiger charge is 2.26. The van der Waals surface area contributed by atoms with Gasteiger partial charge in [-0.3, -0.25) is 4.79 Å². The van der Waals surface area contributed by atoms with Crippen LogP contribution in [0.25, 0.3) is 0 Å². The maximum absolute atomic E-state index is 13.7. The third kappa shape index (κ3) is 4.59. The van der Waals surface area contributed by atoms with Crippen molar-refractivity contribution in [2.75, 3.05) is 7.11 Å². The minimum Gasteiger partial charge on any atom is -0.494 e. The lowest BCUT2D eigenvalue weighted by atomic mass is 10.0. The normalized spacial score (nSPS) is 16.1. The van der Waals surface area contributed by atoms with Gasteiger partial charge in [0.15, 0.2) is 17.7 Å². The van der Waals surface area contributed by atoms with Gasteiger partial charge in [-0.2, -0.15) is 0 Å². The first-order valence-electron chi connectivity index (χ1n) is 10.2. The van der Waals surface area contributed by atoms with E-state index in [0.29, 0.717) is 29.2 Å². The third-order valence-corrected chi connectivity index (χ3v) is 5.23. The summed E-state index contributed by atoms with van der Waals surface area (Å²) in [6.07, 6.45) is 0.361. The number of halogens is 1. The minimum absolute atomic E-state index is 0.121. The number of rotatable bonds is 6. The summed E-state index contributed by atoms with van der Waals surface area (Å²) in [5.74, 6) is -0.253. The Bertz CT molecular complexity index is 1170. The molecule has 4 rings (SSSR count). The van der Waals surface area contributed by atoms with Crippen LogP contribution in [0.3, 0.4) is 0 Å². The Labute approximate surface area is 185 Å². The molecule has 3 aromatic rings. The highest BCUT2D eigenvalue weighted by Crippen LogP contribution is 2.29. The Morgan fingerprint density at radius 2 is 1.97 bits per heavy atom. The Morgan fingerprint density at radius 1 is 1.19 bits per heavy atom. The Morgan fingerprint density at radius 3 is 2.72 bits per heavy atom. The molecule has 1 N–H and O–H groups in total. The van der Waals surface area contributed by atoms with Gasteiger partial charge in [-0.15, -0.1) is 0 Å². The van der Waals surface area contributed by atoms with E-state index in [9.17, 15) is 9.18 Å². The standard InChI is InChI=1S/C24H23FN4O3/c1-14(17-9-10-18(25)23(11-17)31-3)26-24(30)21-12-19(27-15(2)28-21)20-13-22(32-29-20)16-7-5-4-6-8-16/h4-12,14,22H,13H2,1-3H3,(H,26,30)/t14-,22?/m0/s1. The first kappa shape index (κ1) is 21.4. The number of hydrogen-bond acceptors (Lipinski definition) is 6. The molecule has 0 fully saturated rings. The number of carbonyl (C=O) groups is 1. The van der Waals surface area contributed by atoms with E-state index in [4.69, 9.17) is 9.57 Å². The van der Waals surface area contributed by atoms with Gasteiger partial charge in [0, 0.05) is 6.42 Å². The van der Waals surface area contributed by atoms with Gasteiger partial charge in [0.2, 0.25) is 0 Å². The largest absolute Gasteiger partial charge is 0.494 e. The zero-order valence-electron chi connectivity index (χ0n) is 18.0. The molecule has 7 nitrogen and oxygen atoms in total. The Kier molecular flexibility index (Phi) is 6.11. The number of benzene rings is 2. The van der Waals surface area contributed by atoms with E-state index in [1.54, 1.807) is 32.0 Å². The van der Waals surface area contributed by atoms with Crippen molar-refractivity contribution in [3.8, 4) is 5.75 Å². The molecule has 0 bridgehead atoms. The lowest BCUT2D eigenvalue weighted by Crippen LogP contribution is -2.28. The number of carbonyl (C=O) groups excluding carboxylic acids is 1. The van der Waals surface area contributed by atoms with Crippen LogP contribution < -0.4 is 10.1 Å². The Hall–Kier alpha value is -3.81. The molecule has 32 heavy (non-hydrogen) atoms. The van der Waals surface area contributed by atoms with Gasteiger partial charge in [-0.1, -0.05) is 41.6 Å². The monoisotopic (exact) mass is 434 g/mol. The van der Waals surface area contributed by atoms with Crippen LogP contribution in [0.4, 0.5) is 4.39 Å². The van der Waals surface area contributed by atoms with Gasteiger partial charge >= 0.3 is 0 Å². The summed E-state index contributed by atoms with van der Waals surface area (Å²) >= 11 is 0. The van der Waals surface area contributed by atoms with Gasteiger partial charge in [-0.05, 0) is 43.2 Å². The summed E-state index contributed by atoms with van der Waals surface area (Å²) in [5, 5.41) is 7.07. The number of methoxy groups -OCH3 is 1. The van der Waals surface area contributed by atoms with Crippen molar-refractivity contribution < 1.29 is 18.8 Å². The molecule has 2 heterocycles. The highest BCUT2D eigenvalue weighted by molar-refractivity contribution is 6.02. The predicted octanol–water partition coefficient (Wildman–Crippen LogP) is 4.29. The van der Waals surface area contributed by atoms with E-state index in [0.717, 1.165) is 5.56 Å². The highest BCUT2D eigenvalue weighted by atomic mass is 19.1. The maximum atomic E-state index is 13.7. The molecular weight excluding hydrogens is 411 g/mol. The maximum Gasteiger partial charge on any atom is 0.270 e. The van der Waals surface area contributed by atoms with Gasteiger partial charge < -0.3 is 14.9 Å². The molecule has 0 radical (unpaired) electrons. The van der Waals surface area contributed by atoms with Crippen LogP contribution in [0.1, 0.15) is 58.6 Å². The van der Waals surface area contributed by atoms with Crippen molar-refractivity contribution >= 4 is 11.6 Å². The first-order valence-corrected chi connectivity index (χ1v) is 10.2. The zero-order chi connectivity index (χ0) is 22.7. The van der Waals surface area contributed by atoms with Crippen LogP contribution in [0.15, 0.2) is 59.8 Å². The molecule has 2 atom stereocenters. The van der Waals surface area contributed by atoms with E-state index in [1.807, 2.05) is 30.3 Å².